The zero-order valence-corrected chi connectivity index (χ0v) is 13.5. The third-order valence-corrected chi connectivity index (χ3v) is 4.48. The highest BCUT2D eigenvalue weighted by atomic mass is 14.9. The molecule has 0 radical (unpaired) electrons. The van der Waals surface area contributed by atoms with Crippen LogP contribution in [0.5, 0.6) is 0 Å². The number of rotatable bonds is 8. The van der Waals surface area contributed by atoms with Crippen molar-refractivity contribution in [2.24, 2.45) is 9.98 Å². The van der Waals surface area contributed by atoms with E-state index in [1.807, 2.05) is 6.21 Å². The molecule has 0 saturated carbocycles. The average Bonchev–Trinajstić information content (AvgIpc) is 3.13. The number of unbranched alkanes of at least 4 members (excludes halogenated alkanes) is 2. The van der Waals surface area contributed by atoms with Crippen molar-refractivity contribution in [3.63, 3.8) is 0 Å². The molecule has 1 aliphatic heterocycles. The van der Waals surface area contributed by atoms with Gasteiger partial charge in [-0.05, 0) is 24.0 Å². The maximum Gasteiger partial charge on any atom is 0.110 e. The van der Waals surface area contributed by atoms with Crippen LogP contribution in [0.2, 0.25) is 0 Å². The number of aliphatic imine (C=N–C) groups is 2. The Morgan fingerprint density at radius 1 is 0.783 bits per heavy atom. The molecule has 0 aromatic heterocycles. The molecule has 1 heterocycles. The highest BCUT2D eigenvalue weighted by Gasteiger charge is 2.13. The maximum absolute atomic E-state index is 4.32. The monoisotopic (exact) mass is 304 g/mol. The summed E-state index contributed by atoms with van der Waals surface area (Å²) in [6.07, 6.45) is 9.70. The van der Waals surface area contributed by atoms with Gasteiger partial charge in [0.2, 0.25) is 0 Å². The summed E-state index contributed by atoms with van der Waals surface area (Å²) in [4.78, 5) is 8.37. The molecule has 0 N–H and O–H groups in total. The quantitative estimate of drug-likeness (QED) is 0.595. The summed E-state index contributed by atoms with van der Waals surface area (Å²) >= 11 is 0. The van der Waals surface area contributed by atoms with Gasteiger partial charge in [0, 0.05) is 12.1 Å². The van der Waals surface area contributed by atoms with E-state index < -0.39 is 0 Å². The van der Waals surface area contributed by atoms with Gasteiger partial charge in [0.1, 0.15) is 6.34 Å². The first-order chi connectivity index (χ1) is 11.4. The van der Waals surface area contributed by atoms with E-state index in [9.17, 15) is 0 Å². The first-order valence-corrected chi connectivity index (χ1v) is 8.58. The number of hydrogen-bond acceptors (Lipinski definition) is 2. The van der Waals surface area contributed by atoms with Crippen LogP contribution in [-0.4, -0.2) is 18.6 Å². The van der Waals surface area contributed by atoms with Crippen LogP contribution in [0.25, 0.3) is 0 Å². The molecule has 0 aliphatic carbocycles. The average molecular weight is 304 g/mol. The maximum atomic E-state index is 4.32. The molecule has 2 aromatic carbocycles. The lowest BCUT2D eigenvalue weighted by atomic mass is 9.87. The van der Waals surface area contributed by atoms with Gasteiger partial charge in [-0.2, -0.15) is 0 Å². The summed E-state index contributed by atoms with van der Waals surface area (Å²) in [5.74, 6) is 0.503. The normalized spacial score (nSPS) is 16.3. The first-order valence-electron chi connectivity index (χ1n) is 8.58. The van der Waals surface area contributed by atoms with Gasteiger partial charge in [0.25, 0.3) is 0 Å². The number of hydrogen-bond donors (Lipinski definition) is 0. The molecule has 2 aromatic rings. The van der Waals surface area contributed by atoms with Crippen LogP contribution in [0.4, 0.5) is 0 Å². The standard InChI is InChI=1S/C21H24N2/c1-4-10-18(11-5-1)21(19-12-6-2-7-13-19)15-9-3-8-14-20-16-22-17-23-20/h1-2,4-7,10-13,16-17,20-21H,3,8-9,14-15H2. The van der Waals surface area contributed by atoms with E-state index >= 15 is 0 Å². The van der Waals surface area contributed by atoms with Crippen molar-refractivity contribution in [2.75, 3.05) is 0 Å². The molecule has 2 heteroatoms. The van der Waals surface area contributed by atoms with E-state index in [1.54, 1.807) is 6.34 Å². The molecular weight excluding hydrogens is 280 g/mol. The van der Waals surface area contributed by atoms with Crippen LogP contribution < -0.4 is 0 Å². The molecule has 0 spiro atoms. The van der Waals surface area contributed by atoms with Crippen molar-refractivity contribution >= 4 is 12.6 Å². The van der Waals surface area contributed by atoms with Crippen molar-refractivity contribution in [3.05, 3.63) is 71.8 Å². The predicted octanol–water partition coefficient (Wildman–Crippen LogP) is 5.25. The van der Waals surface area contributed by atoms with Crippen LogP contribution in [0.3, 0.4) is 0 Å². The summed E-state index contributed by atoms with van der Waals surface area (Å²) < 4.78 is 0. The third-order valence-electron chi connectivity index (χ3n) is 4.48. The second-order valence-corrected chi connectivity index (χ2v) is 6.14. The van der Waals surface area contributed by atoms with E-state index in [4.69, 9.17) is 0 Å². The van der Waals surface area contributed by atoms with Gasteiger partial charge >= 0.3 is 0 Å². The highest BCUT2D eigenvalue weighted by molar-refractivity contribution is 5.82. The summed E-state index contributed by atoms with van der Waals surface area (Å²) in [5.41, 5.74) is 2.84. The van der Waals surface area contributed by atoms with E-state index in [1.165, 1.54) is 36.8 Å². The lowest BCUT2D eigenvalue weighted by Gasteiger charge is -2.18. The van der Waals surface area contributed by atoms with Gasteiger partial charge in [0.15, 0.2) is 0 Å². The summed E-state index contributed by atoms with van der Waals surface area (Å²) in [7, 11) is 0. The Hall–Kier alpha value is -2.22. The van der Waals surface area contributed by atoms with Gasteiger partial charge < -0.3 is 0 Å². The topological polar surface area (TPSA) is 24.7 Å². The smallest absolute Gasteiger partial charge is 0.110 e. The lowest BCUT2D eigenvalue weighted by Crippen LogP contribution is -2.03. The molecule has 1 atom stereocenters. The van der Waals surface area contributed by atoms with Crippen molar-refractivity contribution < 1.29 is 0 Å². The summed E-state index contributed by atoms with van der Waals surface area (Å²) in [6.45, 7) is 0. The van der Waals surface area contributed by atoms with Crippen LogP contribution in [-0.2, 0) is 0 Å². The van der Waals surface area contributed by atoms with Crippen LogP contribution >= 0.6 is 0 Å². The fourth-order valence-electron chi connectivity index (χ4n) is 3.22. The van der Waals surface area contributed by atoms with E-state index in [2.05, 4.69) is 70.6 Å². The second kappa shape index (κ2) is 8.42. The van der Waals surface area contributed by atoms with Gasteiger partial charge in [-0.3, -0.25) is 4.99 Å². The Bertz CT molecular complexity index is 580. The SMILES string of the molecule is C1=NC=NC1CCCCCC(c1ccccc1)c1ccccc1. The number of benzene rings is 2. The molecule has 23 heavy (non-hydrogen) atoms. The van der Waals surface area contributed by atoms with E-state index in [0.29, 0.717) is 12.0 Å². The van der Waals surface area contributed by atoms with Crippen molar-refractivity contribution in [2.45, 2.75) is 44.1 Å². The number of nitrogens with zero attached hydrogens (tertiary/aromatic N) is 2. The molecule has 118 valence electrons. The molecule has 3 rings (SSSR count). The highest BCUT2D eigenvalue weighted by Crippen LogP contribution is 2.29. The Kier molecular flexibility index (Phi) is 5.74. The van der Waals surface area contributed by atoms with Crippen LogP contribution in [0.1, 0.15) is 49.1 Å². The first kappa shape index (κ1) is 15.7. The van der Waals surface area contributed by atoms with Crippen LogP contribution in [0, 0.1) is 0 Å². The molecule has 0 amide bonds. The fraction of sp³-hybridized carbons (Fsp3) is 0.333. The molecule has 1 unspecified atom stereocenters. The minimum absolute atomic E-state index is 0.328. The Balaban J connectivity index is 1.54. The van der Waals surface area contributed by atoms with Crippen molar-refractivity contribution in [1.82, 2.24) is 0 Å². The van der Waals surface area contributed by atoms with Gasteiger partial charge in [-0.1, -0.05) is 79.9 Å². The Labute approximate surface area is 139 Å². The largest absolute Gasteiger partial charge is 0.264 e. The van der Waals surface area contributed by atoms with E-state index in [0.717, 1.165) is 6.42 Å². The van der Waals surface area contributed by atoms with Gasteiger partial charge in [0.05, 0.1) is 6.04 Å². The minimum atomic E-state index is 0.328. The zero-order chi connectivity index (χ0) is 15.7. The molecule has 0 saturated heterocycles. The van der Waals surface area contributed by atoms with E-state index in [-0.39, 0.29) is 0 Å². The van der Waals surface area contributed by atoms with Crippen molar-refractivity contribution in [3.8, 4) is 0 Å². The van der Waals surface area contributed by atoms with Gasteiger partial charge in [-0.25, -0.2) is 4.99 Å². The third kappa shape index (κ3) is 4.62. The zero-order valence-electron chi connectivity index (χ0n) is 13.5. The molecular formula is C21H24N2. The molecule has 2 nitrogen and oxygen atoms in total. The predicted molar refractivity (Wildman–Crippen MR) is 98.6 cm³/mol. The molecule has 0 bridgehead atoms. The Morgan fingerprint density at radius 2 is 1.43 bits per heavy atom. The Morgan fingerprint density at radius 3 is 2.00 bits per heavy atom. The van der Waals surface area contributed by atoms with Crippen LogP contribution in [0.15, 0.2) is 70.6 Å². The summed E-state index contributed by atoms with van der Waals surface area (Å²) in [5, 5.41) is 0. The summed E-state index contributed by atoms with van der Waals surface area (Å²) in [6, 6.07) is 22.1. The molecule has 0 fully saturated rings. The molecule has 1 aliphatic rings. The fourth-order valence-corrected chi connectivity index (χ4v) is 3.22. The van der Waals surface area contributed by atoms with Crippen molar-refractivity contribution in [1.29, 1.82) is 0 Å². The van der Waals surface area contributed by atoms with Gasteiger partial charge in [-0.15, -0.1) is 0 Å². The lowest BCUT2D eigenvalue weighted by molar-refractivity contribution is 0.577. The minimum Gasteiger partial charge on any atom is -0.264 e. The second-order valence-electron chi connectivity index (χ2n) is 6.14.